The van der Waals surface area contributed by atoms with E-state index in [9.17, 15) is 9.59 Å². The molecule has 0 fully saturated rings. The van der Waals surface area contributed by atoms with E-state index in [1.807, 2.05) is 83.0 Å². The predicted octanol–water partition coefficient (Wildman–Crippen LogP) is 4.40. The van der Waals surface area contributed by atoms with Gasteiger partial charge >= 0.3 is 0 Å². The molecular weight excluding hydrogens is 438 g/mol. The molecule has 1 N–H and O–H groups in total. The average Bonchev–Trinajstić information content (AvgIpc) is 3.48. The first-order chi connectivity index (χ1) is 16.9. The fourth-order valence-electron chi connectivity index (χ4n) is 4.92. The summed E-state index contributed by atoms with van der Waals surface area (Å²) in [6.45, 7) is 7.31. The highest BCUT2D eigenvalue weighted by atomic mass is 16.2. The number of para-hydroxylation sites is 1. The van der Waals surface area contributed by atoms with Crippen molar-refractivity contribution in [3.63, 3.8) is 0 Å². The van der Waals surface area contributed by atoms with Crippen LogP contribution < -0.4 is 5.32 Å². The number of pyridine rings is 1. The van der Waals surface area contributed by atoms with Crippen LogP contribution in [0.2, 0.25) is 0 Å². The monoisotopic (exact) mass is 469 g/mol. The van der Waals surface area contributed by atoms with Crippen LogP contribution in [0.1, 0.15) is 43.4 Å². The summed E-state index contributed by atoms with van der Waals surface area (Å²) < 4.78 is 4.00. The summed E-state index contributed by atoms with van der Waals surface area (Å²) in [5.74, 6) is 0.154. The number of rotatable bonds is 7. The topological polar surface area (TPSA) is 72.2 Å². The smallest absolute Gasteiger partial charge is 0.274 e. The lowest BCUT2D eigenvalue weighted by Crippen LogP contribution is -2.63. The quantitative estimate of drug-likeness (QED) is 0.436. The Morgan fingerprint density at radius 3 is 2.54 bits per heavy atom. The third-order valence-electron chi connectivity index (χ3n) is 6.86. The average molecular weight is 470 g/mol. The molecular formula is C28H31N5O2. The van der Waals surface area contributed by atoms with E-state index in [0.717, 1.165) is 28.7 Å². The summed E-state index contributed by atoms with van der Waals surface area (Å²) in [6, 6.07) is 17.5. The molecule has 0 saturated carbocycles. The molecule has 1 aliphatic rings. The summed E-state index contributed by atoms with van der Waals surface area (Å²) in [6.07, 6.45) is 6.49. The zero-order valence-electron chi connectivity index (χ0n) is 20.4. The van der Waals surface area contributed by atoms with Crippen LogP contribution in [0.5, 0.6) is 0 Å². The highest BCUT2D eigenvalue weighted by Crippen LogP contribution is 2.38. The molecule has 0 saturated heterocycles. The van der Waals surface area contributed by atoms with Gasteiger partial charge in [0.2, 0.25) is 5.91 Å². The molecule has 1 aliphatic heterocycles. The Morgan fingerprint density at radius 1 is 1.09 bits per heavy atom. The Morgan fingerprint density at radius 2 is 1.83 bits per heavy atom. The van der Waals surface area contributed by atoms with Crippen molar-refractivity contribution in [3.8, 4) is 5.69 Å². The molecule has 1 unspecified atom stereocenters. The predicted molar refractivity (Wildman–Crippen MR) is 136 cm³/mol. The van der Waals surface area contributed by atoms with Gasteiger partial charge in [-0.05, 0) is 49.6 Å². The number of hydrogen-bond acceptors (Lipinski definition) is 3. The van der Waals surface area contributed by atoms with Crippen molar-refractivity contribution in [1.29, 1.82) is 0 Å². The summed E-state index contributed by atoms with van der Waals surface area (Å²) in [5.41, 5.74) is 2.04. The number of carbonyl (C=O) groups is 2. The van der Waals surface area contributed by atoms with E-state index in [1.54, 1.807) is 11.1 Å². The van der Waals surface area contributed by atoms with E-state index < -0.39 is 5.54 Å². The van der Waals surface area contributed by atoms with Gasteiger partial charge in [0.05, 0.1) is 30.0 Å². The number of hydrogen-bond donors (Lipinski definition) is 1. The molecule has 0 radical (unpaired) electrons. The number of nitrogens with one attached hydrogen (secondary N) is 1. The molecule has 1 atom stereocenters. The number of aromatic nitrogens is 3. The summed E-state index contributed by atoms with van der Waals surface area (Å²) in [5, 5.41) is 4.08. The van der Waals surface area contributed by atoms with Crippen molar-refractivity contribution in [2.24, 2.45) is 5.92 Å². The second kappa shape index (κ2) is 9.06. The Bertz CT molecular complexity index is 1360. The lowest BCUT2D eigenvalue weighted by molar-refractivity contribution is -0.133. The van der Waals surface area contributed by atoms with Gasteiger partial charge in [0.25, 0.3) is 5.91 Å². The first-order valence-corrected chi connectivity index (χ1v) is 12.1. The summed E-state index contributed by atoms with van der Waals surface area (Å²) in [7, 11) is 0. The second-order valence-corrected chi connectivity index (χ2v) is 9.82. The largest absolute Gasteiger partial charge is 0.354 e. The number of amides is 2. The van der Waals surface area contributed by atoms with E-state index in [4.69, 9.17) is 0 Å². The zero-order chi connectivity index (χ0) is 24.6. The maximum absolute atomic E-state index is 14.3. The molecule has 180 valence electrons. The number of benzene rings is 1. The van der Waals surface area contributed by atoms with Crippen molar-refractivity contribution in [3.05, 3.63) is 84.6 Å². The number of carbonyl (C=O) groups excluding carboxylic acids is 2. The van der Waals surface area contributed by atoms with Gasteiger partial charge in [-0.15, -0.1) is 0 Å². The highest BCUT2D eigenvalue weighted by Gasteiger charge is 2.49. The molecule has 35 heavy (non-hydrogen) atoms. The number of nitrogens with zero attached hydrogens (tertiary/aromatic N) is 4. The molecule has 0 aliphatic carbocycles. The Kier molecular flexibility index (Phi) is 5.93. The van der Waals surface area contributed by atoms with Gasteiger partial charge in [-0.2, -0.15) is 0 Å². The molecule has 4 heterocycles. The van der Waals surface area contributed by atoms with Crippen LogP contribution in [0.15, 0.2) is 73.2 Å². The lowest BCUT2D eigenvalue weighted by atomic mass is 9.94. The van der Waals surface area contributed by atoms with Crippen molar-refractivity contribution >= 4 is 22.7 Å². The first-order valence-electron chi connectivity index (χ1n) is 12.1. The van der Waals surface area contributed by atoms with Crippen molar-refractivity contribution in [1.82, 2.24) is 24.3 Å². The van der Waals surface area contributed by atoms with Crippen molar-refractivity contribution < 1.29 is 9.59 Å². The molecule has 3 aromatic heterocycles. The van der Waals surface area contributed by atoms with Gasteiger partial charge in [-0.1, -0.05) is 38.1 Å². The van der Waals surface area contributed by atoms with E-state index >= 15 is 0 Å². The van der Waals surface area contributed by atoms with Crippen molar-refractivity contribution in [2.45, 2.75) is 45.8 Å². The highest BCUT2D eigenvalue weighted by molar-refractivity contribution is 6.08. The molecule has 7 nitrogen and oxygen atoms in total. The SMILES string of the molecule is CC(C)CCNC(=O)C1(C)Cn2c(c(-n3cccc3)c3ccccc32)C(=O)N1Cc1ccccn1. The fourth-order valence-corrected chi connectivity index (χ4v) is 4.92. The normalized spacial score (nSPS) is 17.7. The third-order valence-corrected chi connectivity index (χ3v) is 6.86. The molecule has 4 aromatic rings. The van der Waals surface area contributed by atoms with Crippen LogP contribution in [0.25, 0.3) is 16.6 Å². The molecule has 7 heteroatoms. The van der Waals surface area contributed by atoms with Gasteiger partial charge in [0.15, 0.2) is 0 Å². The van der Waals surface area contributed by atoms with Gasteiger partial charge < -0.3 is 19.4 Å². The first kappa shape index (κ1) is 22.9. The van der Waals surface area contributed by atoms with Gasteiger partial charge in [0, 0.05) is 30.5 Å². The summed E-state index contributed by atoms with van der Waals surface area (Å²) >= 11 is 0. The maximum Gasteiger partial charge on any atom is 0.274 e. The second-order valence-electron chi connectivity index (χ2n) is 9.82. The molecule has 1 aromatic carbocycles. The van der Waals surface area contributed by atoms with E-state index in [1.165, 1.54) is 0 Å². The molecule has 5 rings (SSSR count). The minimum Gasteiger partial charge on any atom is -0.354 e. The third kappa shape index (κ3) is 4.01. The minimum atomic E-state index is -1.08. The zero-order valence-corrected chi connectivity index (χ0v) is 20.4. The standard InChI is InChI=1S/C28H31N5O2/c1-20(2)13-15-30-27(35)28(3)19-32-23-12-5-4-11-22(23)24(31-16-8-9-17-31)25(32)26(34)33(28)18-21-10-6-7-14-29-21/h4-12,14,16-17,20H,13,15,18-19H2,1-3H3,(H,30,35). The van der Waals surface area contributed by atoms with Crippen LogP contribution in [-0.4, -0.2) is 42.9 Å². The van der Waals surface area contributed by atoms with E-state index in [-0.39, 0.29) is 18.4 Å². The maximum atomic E-state index is 14.3. The minimum absolute atomic E-state index is 0.145. The Balaban J connectivity index is 1.65. The van der Waals surface area contributed by atoms with Crippen LogP contribution in [0.3, 0.4) is 0 Å². The fraction of sp³-hybridized carbons (Fsp3) is 0.321. The molecule has 0 bridgehead atoms. The van der Waals surface area contributed by atoms with E-state index in [0.29, 0.717) is 24.7 Å². The van der Waals surface area contributed by atoms with Gasteiger partial charge in [-0.3, -0.25) is 14.6 Å². The Hall–Kier alpha value is -3.87. The van der Waals surface area contributed by atoms with Crippen molar-refractivity contribution in [2.75, 3.05) is 6.54 Å². The van der Waals surface area contributed by atoms with Crippen LogP contribution in [0.4, 0.5) is 0 Å². The Labute approximate surface area is 205 Å². The lowest BCUT2D eigenvalue weighted by Gasteiger charge is -2.44. The van der Waals surface area contributed by atoms with Crippen LogP contribution in [0, 0.1) is 5.92 Å². The van der Waals surface area contributed by atoms with Gasteiger partial charge in [0.1, 0.15) is 11.2 Å². The number of fused-ring (bicyclic) bond motifs is 3. The molecule has 0 spiro atoms. The van der Waals surface area contributed by atoms with Gasteiger partial charge in [-0.25, -0.2) is 0 Å². The summed E-state index contributed by atoms with van der Waals surface area (Å²) in [4.78, 5) is 34.1. The van der Waals surface area contributed by atoms with E-state index in [2.05, 4.69) is 24.1 Å². The molecule has 2 amide bonds. The van der Waals surface area contributed by atoms with Crippen LogP contribution in [-0.2, 0) is 17.9 Å². The van der Waals surface area contributed by atoms with Crippen LogP contribution >= 0.6 is 0 Å².